The molecular weight excluding hydrogens is 508 g/mol. The summed E-state index contributed by atoms with van der Waals surface area (Å²) in [6.07, 6.45) is 5.11. The van der Waals surface area contributed by atoms with Crippen LogP contribution in [0.15, 0.2) is 95.2 Å². The van der Waals surface area contributed by atoms with E-state index in [0.717, 1.165) is 37.6 Å². The van der Waals surface area contributed by atoms with Gasteiger partial charge in [-0.15, -0.1) is 0 Å². The van der Waals surface area contributed by atoms with Gasteiger partial charge >= 0.3 is 0 Å². The summed E-state index contributed by atoms with van der Waals surface area (Å²) in [7, 11) is 0. The monoisotopic (exact) mass is 542 g/mol. The van der Waals surface area contributed by atoms with Crippen molar-refractivity contribution < 1.29 is 29.9 Å². The number of para-hydroxylation sites is 2. The van der Waals surface area contributed by atoms with Gasteiger partial charge in [0.05, 0.1) is 11.4 Å². The second-order valence-electron chi connectivity index (χ2n) is 9.28. The van der Waals surface area contributed by atoms with Gasteiger partial charge in [-0.05, 0) is 73.2 Å². The van der Waals surface area contributed by atoms with Crippen LogP contribution in [0.1, 0.15) is 25.7 Å². The average Bonchev–Trinajstić information content (AvgIpc) is 3.76. The summed E-state index contributed by atoms with van der Waals surface area (Å²) in [6, 6.07) is 23.8. The Balaban J connectivity index is 0.000000308. The molecule has 4 N–H and O–H groups in total. The van der Waals surface area contributed by atoms with Crippen molar-refractivity contribution in [1.82, 2.24) is 0 Å². The molecule has 8 heteroatoms. The first kappa shape index (κ1) is 28.6. The van der Waals surface area contributed by atoms with Gasteiger partial charge < -0.3 is 29.9 Å². The number of nitrogens with zero attached hydrogens (tertiary/aromatic N) is 2. The minimum absolute atomic E-state index is 0.162. The first-order chi connectivity index (χ1) is 19.5. The van der Waals surface area contributed by atoms with Gasteiger partial charge in [-0.2, -0.15) is 10.2 Å². The molecule has 0 amide bonds. The number of hydrogen-bond donors (Lipinski definition) is 4. The van der Waals surface area contributed by atoms with Gasteiger partial charge in [-0.1, -0.05) is 48.5 Å². The van der Waals surface area contributed by atoms with Crippen molar-refractivity contribution in [2.75, 3.05) is 26.4 Å². The molecule has 40 heavy (non-hydrogen) atoms. The Morgan fingerprint density at radius 2 is 0.800 bits per heavy atom. The highest BCUT2D eigenvalue weighted by Crippen LogP contribution is 2.38. The molecule has 8 nitrogen and oxygen atoms in total. The molecule has 2 saturated heterocycles. The Morgan fingerprint density at radius 3 is 1.10 bits per heavy atom. The van der Waals surface area contributed by atoms with Crippen LogP contribution < -0.4 is 0 Å². The van der Waals surface area contributed by atoms with E-state index in [0.29, 0.717) is 22.5 Å². The number of hydrogen-bond acceptors (Lipinski definition) is 8. The zero-order valence-electron chi connectivity index (χ0n) is 22.2. The van der Waals surface area contributed by atoms with E-state index >= 15 is 0 Å². The number of phenols is 4. The predicted octanol–water partition coefficient (Wildman–Crippen LogP) is 7.85. The molecule has 0 radical (unpaired) electrons. The minimum atomic E-state index is -0.168. The maximum absolute atomic E-state index is 9.99. The zero-order valence-corrected chi connectivity index (χ0v) is 22.2. The second-order valence-corrected chi connectivity index (χ2v) is 9.28. The van der Waals surface area contributed by atoms with Crippen molar-refractivity contribution >= 4 is 11.4 Å². The number of phenolic OH excluding ortho intramolecular Hbond substituents is 4. The van der Waals surface area contributed by atoms with E-state index in [4.69, 9.17) is 9.47 Å². The van der Waals surface area contributed by atoms with Crippen LogP contribution in [0.2, 0.25) is 0 Å². The van der Waals surface area contributed by atoms with Crippen LogP contribution in [0.4, 0.5) is 11.4 Å². The first-order valence-electron chi connectivity index (χ1n) is 13.3. The van der Waals surface area contributed by atoms with Crippen LogP contribution in [0, 0.1) is 0 Å². The van der Waals surface area contributed by atoms with Gasteiger partial charge in [-0.3, -0.25) is 0 Å². The van der Waals surface area contributed by atoms with E-state index in [2.05, 4.69) is 10.2 Å². The fourth-order valence-electron chi connectivity index (χ4n) is 4.08. The summed E-state index contributed by atoms with van der Waals surface area (Å²) >= 11 is 0. The number of azo groups is 1. The van der Waals surface area contributed by atoms with Crippen molar-refractivity contribution in [2.24, 2.45) is 10.2 Å². The molecule has 2 fully saturated rings. The van der Waals surface area contributed by atoms with E-state index in [1.165, 1.54) is 37.8 Å². The van der Waals surface area contributed by atoms with Crippen molar-refractivity contribution in [3.8, 4) is 45.3 Å². The lowest BCUT2D eigenvalue weighted by atomic mass is 10.0. The van der Waals surface area contributed by atoms with Gasteiger partial charge in [0.25, 0.3) is 0 Å². The quantitative estimate of drug-likeness (QED) is 0.154. The van der Waals surface area contributed by atoms with Crippen molar-refractivity contribution in [3.63, 3.8) is 0 Å². The Bertz CT molecular complexity index is 1260. The van der Waals surface area contributed by atoms with Crippen molar-refractivity contribution in [2.45, 2.75) is 25.7 Å². The van der Waals surface area contributed by atoms with Crippen molar-refractivity contribution in [1.29, 1.82) is 0 Å². The highest BCUT2D eigenvalue weighted by Gasteiger charge is 2.09. The molecule has 0 unspecified atom stereocenters. The van der Waals surface area contributed by atoms with Crippen LogP contribution in [0.25, 0.3) is 22.3 Å². The highest BCUT2D eigenvalue weighted by molar-refractivity contribution is 5.75. The second kappa shape index (κ2) is 14.7. The number of benzene rings is 4. The normalized spacial score (nSPS) is 14.3. The Labute approximate surface area is 233 Å². The molecule has 0 spiro atoms. The molecule has 0 atom stereocenters. The summed E-state index contributed by atoms with van der Waals surface area (Å²) in [5.74, 6) is -0.660. The Morgan fingerprint density at radius 1 is 0.450 bits per heavy atom. The van der Waals surface area contributed by atoms with Crippen LogP contribution in [-0.4, -0.2) is 46.9 Å². The molecule has 2 aliphatic rings. The van der Waals surface area contributed by atoms with Gasteiger partial charge in [0.2, 0.25) is 0 Å². The first-order valence-corrected chi connectivity index (χ1v) is 13.3. The molecule has 0 saturated carbocycles. The van der Waals surface area contributed by atoms with E-state index in [9.17, 15) is 20.4 Å². The Kier molecular flexibility index (Phi) is 10.5. The maximum Gasteiger partial charge on any atom is 0.165 e. The van der Waals surface area contributed by atoms with Gasteiger partial charge in [0.15, 0.2) is 23.0 Å². The molecule has 2 heterocycles. The topological polar surface area (TPSA) is 124 Å². The molecule has 6 rings (SSSR count). The van der Waals surface area contributed by atoms with E-state index in [1.807, 2.05) is 0 Å². The highest BCUT2D eigenvalue weighted by atomic mass is 16.5. The third kappa shape index (κ3) is 8.05. The van der Waals surface area contributed by atoms with Crippen LogP contribution in [0.5, 0.6) is 23.0 Å². The smallest absolute Gasteiger partial charge is 0.165 e. The molecular formula is C32H34N2O6. The third-order valence-electron chi connectivity index (χ3n) is 6.32. The Hall–Kier alpha value is -4.40. The largest absolute Gasteiger partial charge is 0.504 e. The standard InChI is InChI=1S/C24H18N2O4.2C4H8O/c27-21-5-1-3-19(23(21)29)15-7-11-17(12-8-15)25-26-18-13-9-16(10-14-18)20-4-2-6-22(28)24(20)30;2*1-2-4-5-3-1/h1-14,27-30H;2*1-4H2. The maximum atomic E-state index is 9.99. The predicted molar refractivity (Wildman–Crippen MR) is 155 cm³/mol. The van der Waals surface area contributed by atoms with E-state index < -0.39 is 0 Å². The van der Waals surface area contributed by atoms with Crippen LogP contribution in [0.3, 0.4) is 0 Å². The van der Waals surface area contributed by atoms with Gasteiger partial charge in [0.1, 0.15) is 0 Å². The number of rotatable bonds is 4. The summed E-state index contributed by atoms with van der Waals surface area (Å²) in [5.41, 5.74) is 3.82. The molecule has 0 bridgehead atoms. The number of ether oxygens (including phenoxy) is 2. The molecule has 0 aliphatic carbocycles. The lowest BCUT2D eigenvalue weighted by molar-refractivity contribution is 0.198. The fourth-order valence-corrected chi connectivity index (χ4v) is 4.08. The lowest BCUT2D eigenvalue weighted by Crippen LogP contribution is -1.79. The summed E-state index contributed by atoms with van der Waals surface area (Å²) < 4.78 is 9.89. The lowest BCUT2D eigenvalue weighted by Gasteiger charge is -2.06. The third-order valence-corrected chi connectivity index (χ3v) is 6.32. The van der Waals surface area contributed by atoms with Crippen molar-refractivity contribution in [3.05, 3.63) is 84.9 Å². The number of aromatic hydroxyl groups is 4. The van der Waals surface area contributed by atoms with E-state index in [1.54, 1.807) is 72.8 Å². The SMILES string of the molecule is C1CCOC1.C1CCOC1.Oc1cccc(-c2ccc(N=Nc3ccc(-c4cccc(O)c4O)cc3)cc2)c1O. The van der Waals surface area contributed by atoms with Gasteiger partial charge in [-0.25, -0.2) is 0 Å². The molecule has 4 aromatic rings. The van der Waals surface area contributed by atoms with Gasteiger partial charge in [0, 0.05) is 37.6 Å². The summed E-state index contributed by atoms with van der Waals surface area (Å²) in [6.45, 7) is 4.00. The zero-order chi connectivity index (χ0) is 28.2. The molecule has 0 aromatic heterocycles. The van der Waals surface area contributed by atoms with E-state index in [-0.39, 0.29) is 23.0 Å². The average molecular weight is 543 g/mol. The molecule has 4 aromatic carbocycles. The van der Waals surface area contributed by atoms with Crippen LogP contribution >= 0.6 is 0 Å². The van der Waals surface area contributed by atoms with Crippen LogP contribution in [-0.2, 0) is 9.47 Å². The molecule has 208 valence electrons. The fraction of sp³-hybridized carbons (Fsp3) is 0.250. The summed E-state index contributed by atoms with van der Waals surface area (Å²) in [5, 5.41) is 47.7. The molecule has 2 aliphatic heterocycles. The summed E-state index contributed by atoms with van der Waals surface area (Å²) in [4.78, 5) is 0. The minimum Gasteiger partial charge on any atom is -0.504 e.